The first kappa shape index (κ1) is 25.3. The number of methoxy groups -OCH3 is 1. The van der Waals surface area contributed by atoms with Gasteiger partial charge in [0.05, 0.1) is 25.6 Å². The zero-order valence-electron chi connectivity index (χ0n) is 20.9. The number of halogens is 1. The molecule has 1 amide bonds. The number of hydrogen-bond donors (Lipinski definition) is 1. The van der Waals surface area contributed by atoms with Gasteiger partial charge in [-0.15, -0.1) is 0 Å². The van der Waals surface area contributed by atoms with E-state index < -0.39 is 0 Å². The minimum absolute atomic E-state index is 0.125. The van der Waals surface area contributed by atoms with Crippen molar-refractivity contribution in [1.82, 2.24) is 9.88 Å². The van der Waals surface area contributed by atoms with Gasteiger partial charge in [0.25, 0.3) is 5.91 Å². The highest BCUT2D eigenvalue weighted by Crippen LogP contribution is 2.31. The Hall–Kier alpha value is -3.77. The van der Waals surface area contributed by atoms with E-state index in [9.17, 15) is 9.59 Å². The number of aryl methyl sites for hydroxylation is 2. The fourth-order valence-electron chi connectivity index (χ4n) is 4.39. The molecule has 36 heavy (non-hydrogen) atoms. The highest BCUT2D eigenvalue weighted by Gasteiger charge is 2.22. The highest BCUT2D eigenvalue weighted by atomic mass is 35.5. The molecule has 0 atom stereocenters. The van der Waals surface area contributed by atoms with Crippen LogP contribution in [-0.2, 0) is 11.2 Å². The summed E-state index contributed by atoms with van der Waals surface area (Å²) in [6.45, 7) is 6.59. The Morgan fingerprint density at radius 3 is 2.33 bits per heavy atom. The van der Waals surface area contributed by atoms with Crippen LogP contribution in [0, 0.1) is 20.8 Å². The van der Waals surface area contributed by atoms with Crippen molar-refractivity contribution in [2.75, 3.05) is 20.3 Å². The van der Waals surface area contributed by atoms with Crippen LogP contribution < -0.4 is 14.8 Å². The predicted octanol–water partition coefficient (Wildman–Crippen LogP) is 5.65. The number of aromatic nitrogens is 1. The molecule has 0 aliphatic carbocycles. The Balaban J connectivity index is 1.54. The van der Waals surface area contributed by atoms with Gasteiger partial charge >= 0.3 is 0 Å². The molecule has 0 bridgehead atoms. The van der Waals surface area contributed by atoms with Crippen molar-refractivity contribution in [3.8, 4) is 11.5 Å². The molecule has 0 radical (unpaired) electrons. The molecular formula is C29H29ClN2O4. The Morgan fingerprint density at radius 1 is 0.972 bits per heavy atom. The van der Waals surface area contributed by atoms with Gasteiger partial charge in [-0.2, -0.15) is 0 Å². The lowest BCUT2D eigenvalue weighted by molar-refractivity contribution is -0.120. The summed E-state index contributed by atoms with van der Waals surface area (Å²) in [6, 6.07) is 18.3. The van der Waals surface area contributed by atoms with Crippen molar-refractivity contribution in [1.29, 1.82) is 0 Å². The second kappa shape index (κ2) is 10.9. The average Bonchev–Trinajstić information content (AvgIpc) is 3.13. The van der Waals surface area contributed by atoms with Crippen molar-refractivity contribution in [3.63, 3.8) is 0 Å². The van der Waals surface area contributed by atoms with Crippen molar-refractivity contribution >= 4 is 34.3 Å². The summed E-state index contributed by atoms with van der Waals surface area (Å²) in [5.41, 5.74) is 4.83. The standard InChI is InChI=1S/C29H29ClN2O4/c1-18-6-5-7-19(2)28(18)36-15-14-31-27(33)17-24-20(3)32(26-13-12-23(35-4)16-25(24)26)29(34)21-8-10-22(30)11-9-21/h5-13,16H,14-15,17H2,1-4H3,(H,31,33). The number of carbonyl (C=O) groups excluding carboxylic acids is 2. The Kier molecular flexibility index (Phi) is 7.65. The van der Waals surface area contributed by atoms with Crippen molar-refractivity contribution in [3.05, 3.63) is 93.6 Å². The number of hydrogen-bond acceptors (Lipinski definition) is 4. The molecule has 0 aliphatic heterocycles. The van der Waals surface area contributed by atoms with E-state index >= 15 is 0 Å². The van der Waals surface area contributed by atoms with E-state index in [4.69, 9.17) is 21.1 Å². The van der Waals surface area contributed by atoms with Crippen LogP contribution in [0.25, 0.3) is 10.9 Å². The highest BCUT2D eigenvalue weighted by molar-refractivity contribution is 6.30. The molecule has 4 aromatic rings. The summed E-state index contributed by atoms with van der Waals surface area (Å²) in [6.07, 6.45) is 0.125. The second-order valence-corrected chi connectivity index (χ2v) is 9.13. The van der Waals surface area contributed by atoms with Crippen LogP contribution in [0.1, 0.15) is 32.7 Å². The van der Waals surface area contributed by atoms with E-state index in [-0.39, 0.29) is 18.2 Å². The number of carbonyl (C=O) groups is 2. The first-order valence-electron chi connectivity index (χ1n) is 11.7. The van der Waals surface area contributed by atoms with Gasteiger partial charge in [0.15, 0.2) is 0 Å². The molecule has 1 heterocycles. The molecule has 0 spiro atoms. The topological polar surface area (TPSA) is 69.6 Å². The zero-order valence-corrected chi connectivity index (χ0v) is 21.6. The first-order chi connectivity index (χ1) is 17.3. The quantitative estimate of drug-likeness (QED) is 0.315. The normalized spacial score (nSPS) is 10.9. The maximum atomic E-state index is 13.4. The van der Waals surface area contributed by atoms with Crippen molar-refractivity contribution < 1.29 is 19.1 Å². The molecule has 0 saturated carbocycles. The van der Waals surface area contributed by atoms with E-state index in [0.717, 1.165) is 33.3 Å². The third-order valence-corrected chi connectivity index (χ3v) is 6.50. The SMILES string of the molecule is COc1ccc2c(c1)c(CC(=O)NCCOc1c(C)cccc1C)c(C)n2C(=O)c1ccc(Cl)cc1. The van der Waals surface area contributed by atoms with E-state index in [2.05, 4.69) is 5.32 Å². The fraction of sp³-hybridized carbons (Fsp3) is 0.241. The van der Waals surface area contributed by atoms with Gasteiger partial charge in [0, 0.05) is 21.7 Å². The third kappa shape index (κ3) is 5.24. The fourth-order valence-corrected chi connectivity index (χ4v) is 4.52. The summed E-state index contributed by atoms with van der Waals surface area (Å²) in [5, 5.41) is 4.29. The first-order valence-corrected chi connectivity index (χ1v) is 12.1. The number of amides is 1. The van der Waals surface area contributed by atoms with Gasteiger partial charge in [0.1, 0.15) is 18.1 Å². The average molecular weight is 505 g/mol. The van der Waals surface area contributed by atoms with Crippen molar-refractivity contribution in [2.45, 2.75) is 27.2 Å². The van der Waals surface area contributed by atoms with Gasteiger partial charge in [-0.05, 0) is 79.9 Å². The number of ether oxygens (including phenoxy) is 2. The monoisotopic (exact) mass is 504 g/mol. The number of nitrogens with one attached hydrogen (secondary N) is 1. The maximum absolute atomic E-state index is 13.4. The molecule has 0 saturated heterocycles. The van der Waals surface area contributed by atoms with Crippen LogP contribution in [0.2, 0.25) is 5.02 Å². The maximum Gasteiger partial charge on any atom is 0.262 e. The van der Waals surface area contributed by atoms with Crippen LogP contribution >= 0.6 is 11.6 Å². The second-order valence-electron chi connectivity index (χ2n) is 8.69. The van der Waals surface area contributed by atoms with Crippen LogP contribution in [0.15, 0.2) is 60.7 Å². The van der Waals surface area contributed by atoms with Gasteiger partial charge in [0.2, 0.25) is 5.91 Å². The van der Waals surface area contributed by atoms with Crippen LogP contribution in [0.5, 0.6) is 11.5 Å². The molecular weight excluding hydrogens is 476 g/mol. The molecule has 1 aromatic heterocycles. The van der Waals surface area contributed by atoms with Gasteiger partial charge in [-0.25, -0.2) is 0 Å². The lowest BCUT2D eigenvalue weighted by Crippen LogP contribution is -2.29. The third-order valence-electron chi connectivity index (χ3n) is 6.25. The molecule has 186 valence electrons. The number of nitrogens with zero attached hydrogens (tertiary/aromatic N) is 1. The Morgan fingerprint density at radius 2 is 1.67 bits per heavy atom. The minimum atomic E-state index is -0.187. The molecule has 0 aliphatic rings. The lowest BCUT2D eigenvalue weighted by Gasteiger charge is -2.12. The van der Waals surface area contributed by atoms with Gasteiger partial charge in [-0.1, -0.05) is 29.8 Å². The smallest absolute Gasteiger partial charge is 0.262 e. The molecule has 6 nitrogen and oxygen atoms in total. The van der Waals surface area contributed by atoms with E-state index in [0.29, 0.717) is 35.2 Å². The molecule has 3 aromatic carbocycles. The summed E-state index contributed by atoms with van der Waals surface area (Å²) < 4.78 is 12.9. The Bertz CT molecular complexity index is 1400. The van der Waals surface area contributed by atoms with E-state index in [1.165, 1.54) is 0 Å². The summed E-state index contributed by atoms with van der Waals surface area (Å²) >= 11 is 6.00. The Labute approximate surface area is 215 Å². The van der Waals surface area contributed by atoms with Crippen molar-refractivity contribution in [2.24, 2.45) is 0 Å². The lowest BCUT2D eigenvalue weighted by atomic mass is 10.1. The zero-order chi connectivity index (χ0) is 25.8. The number of para-hydroxylation sites is 1. The van der Waals surface area contributed by atoms with Gasteiger partial charge < -0.3 is 14.8 Å². The molecule has 7 heteroatoms. The van der Waals surface area contributed by atoms with E-state index in [1.807, 2.05) is 57.2 Å². The molecule has 4 rings (SSSR count). The minimum Gasteiger partial charge on any atom is -0.497 e. The summed E-state index contributed by atoms with van der Waals surface area (Å²) in [7, 11) is 1.59. The number of benzene rings is 3. The predicted molar refractivity (Wildman–Crippen MR) is 143 cm³/mol. The largest absolute Gasteiger partial charge is 0.497 e. The number of rotatable bonds is 8. The molecule has 0 unspecified atom stereocenters. The van der Waals surface area contributed by atoms with Crippen LogP contribution in [0.4, 0.5) is 0 Å². The molecule has 1 N–H and O–H groups in total. The molecule has 0 fully saturated rings. The summed E-state index contributed by atoms with van der Waals surface area (Å²) in [4.78, 5) is 26.3. The van der Waals surface area contributed by atoms with E-state index in [1.54, 1.807) is 35.9 Å². The van der Waals surface area contributed by atoms with Crippen LogP contribution in [-0.4, -0.2) is 36.6 Å². The summed E-state index contributed by atoms with van der Waals surface area (Å²) in [5.74, 6) is 1.16. The van der Waals surface area contributed by atoms with Gasteiger partial charge in [-0.3, -0.25) is 14.2 Å². The van der Waals surface area contributed by atoms with Crippen LogP contribution in [0.3, 0.4) is 0 Å². The number of fused-ring (bicyclic) bond motifs is 1.